The number of fused-ring (bicyclic) bond motifs is 2. The molecule has 184 valence electrons. The van der Waals surface area contributed by atoms with Crippen LogP contribution in [0.3, 0.4) is 0 Å². The average Bonchev–Trinajstić information content (AvgIpc) is 3.13. The molecular formula is C29H27NO6. The zero-order valence-electron chi connectivity index (χ0n) is 20.6. The maximum Gasteiger partial charge on any atom is 0.290 e. The molecule has 1 atom stereocenters. The van der Waals surface area contributed by atoms with Gasteiger partial charge in [-0.15, -0.1) is 0 Å². The fraction of sp³-hybridized carbons (Fsp3) is 0.241. The number of methoxy groups -OCH3 is 2. The Kier molecular flexibility index (Phi) is 5.92. The molecule has 1 amide bonds. The smallest absolute Gasteiger partial charge is 0.290 e. The number of hydrogen-bond acceptors (Lipinski definition) is 6. The van der Waals surface area contributed by atoms with E-state index in [9.17, 15) is 14.7 Å². The number of phenols is 1. The van der Waals surface area contributed by atoms with Crippen LogP contribution in [0.15, 0.2) is 63.8 Å². The quantitative estimate of drug-likeness (QED) is 0.417. The Balaban J connectivity index is 1.62. The Morgan fingerprint density at radius 3 is 2.47 bits per heavy atom. The standard InChI is InChI=1S/C29H27NO6/c1-16-12-17(2)24-23(13-16)36-28-25(27(24)32)26(19-6-5-7-20(31)15-19)30(29(28)33)11-10-18-8-9-21(34-3)22(14-18)35-4/h5-9,12-15,26,31H,10-11H2,1-4H3/t26-/m0/s1. The van der Waals surface area contributed by atoms with Gasteiger partial charge in [-0.05, 0) is 72.9 Å². The number of rotatable bonds is 6. The predicted octanol–water partition coefficient (Wildman–Crippen LogP) is 4.92. The van der Waals surface area contributed by atoms with Gasteiger partial charge in [0.05, 0.1) is 31.2 Å². The van der Waals surface area contributed by atoms with Gasteiger partial charge in [0.2, 0.25) is 5.76 Å². The fourth-order valence-corrected chi connectivity index (χ4v) is 5.07. The molecule has 0 bridgehead atoms. The van der Waals surface area contributed by atoms with Crippen LogP contribution < -0.4 is 14.9 Å². The lowest BCUT2D eigenvalue weighted by Crippen LogP contribution is -2.31. The summed E-state index contributed by atoms with van der Waals surface area (Å²) in [6, 6.07) is 15.3. The highest BCUT2D eigenvalue weighted by molar-refractivity contribution is 5.99. The van der Waals surface area contributed by atoms with Crippen LogP contribution in [-0.2, 0) is 6.42 Å². The molecule has 7 heteroatoms. The molecular weight excluding hydrogens is 458 g/mol. The van der Waals surface area contributed by atoms with Crippen LogP contribution in [-0.4, -0.2) is 36.7 Å². The molecule has 1 N–H and O–H groups in total. The number of amides is 1. The van der Waals surface area contributed by atoms with Gasteiger partial charge >= 0.3 is 0 Å². The number of carbonyl (C=O) groups excluding carboxylic acids is 1. The van der Waals surface area contributed by atoms with Gasteiger partial charge < -0.3 is 23.9 Å². The van der Waals surface area contributed by atoms with Crippen molar-refractivity contribution in [3.8, 4) is 17.2 Å². The van der Waals surface area contributed by atoms with Gasteiger partial charge in [0.15, 0.2) is 16.9 Å². The first-order chi connectivity index (χ1) is 17.3. The van der Waals surface area contributed by atoms with Crippen molar-refractivity contribution in [3.05, 3.63) is 98.4 Å². The molecule has 0 aliphatic carbocycles. The van der Waals surface area contributed by atoms with Gasteiger partial charge in [-0.25, -0.2) is 0 Å². The van der Waals surface area contributed by atoms with E-state index in [1.165, 1.54) is 0 Å². The molecule has 0 saturated heterocycles. The van der Waals surface area contributed by atoms with Crippen LogP contribution in [0, 0.1) is 13.8 Å². The van der Waals surface area contributed by atoms with Crippen LogP contribution >= 0.6 is 0 Å². The third kappa shape index (κ3) is 3.86. The second-order valence-electron chi connectivity index (χ2n) is 9.06. The highest BCUT2D eigenvalue weighted by Crippen LogP contribution is 2.39. The third-order valence-corrected chi connectivity index (χ3v) is 6.69. The maximum absolute atomic E-state index is 13.8. The molecule has 1 aromatic heterocycles. The summed E-state index contributed by atoms with van der Waals surface area (Å²) in [4.78, 5) is 29.1. The van der Waals surface area contributed by atoms with Crippen molar-refractivity contribution < 1.29 is 23.8 Å². The molecule has 2 heterocycles. The number of aryl methyl sites for hydroxylation is 2. The first-order valence-corrected chi connectivity index (χ1v) is 11.7. The van der Waals surface area contributed by atoms with E-state index >= 15 is 0 Å². The summed E-state index contributed by atoms with van der Waals surface area (Å²) in [5.41, 5.74) is 3.82. The van der Waals surface area contributed by atoms with Crippen molar-refractivity contribution in [1.29, 1.82) is 0 Å². The first kappa shape index (κ1) is 23.5. The lowest BCUT2D eigenvalue weighted by Gasteiger charge is -2.25. The lowest BCUT2D eigenvalue weighted by atomic mass is 9.96. The molecule has 0 fully saturated rings. The molecule has 36 heavy (non-hydrogen) atoms. The summed E-state index contributed by atoms with van der Waals surface area (Å²) >= 11 is 0. The van der Waals surface area contributed by atoms with Gasteiger partial charge in [0.1, 0.15) is 11.3 Å². The van der Waals surface area contributed by atoms with Crippen molar-refractivity contribution in [3.63, 3.8) is 0 Å². The van der Waals surface area contributed by atoms with E-state index in [0.717, 1.165) is 16.7 Å². The molecule has 1 aliphatic heterocycles. The molecule has 0 saturated carbocycles. The number of nitrogens with zero attached hydrogens (tertiary/aromatic N) is 1. The molecule has 5 rings (SSSR count). The molecule has 1 aliphatic rings. The minimum Gasteiger partial charge on any atom is -0.508 e. The number of aromatic hydroxyl groups is 1. The number of ether oxygens (including phenoxy) is 2. The van der Waals surface area contributed by atoms with Gasteiger partial charge in [0, 0.05) is 6.54 Å². The van der Waals surface area contributed by atoms with Crippen molar-refractivity contribution in [2.75, 3.05) is 20.8 Å². The Morgan fingerprint density at radius 1 is 0.972 bits per heavy atom. The molecule has 7 nitrogen and oxygen atoms in total. The van der Waals surface area contributed by atoms with Crippen LogP contribution in [0.25, 0.3) is 11.0 Å². The van der Waals surface area contributed by atoms with Crippen molar-refractivity contribution >= 4 is 16.9 Å². The van der Waals surface area contributed by atoms with Gasteiger partial charge in [-0.3, -0.25) is 9.59 Å². The zero-order chi connectivity index (χ0) is 25.6. The number of phenolic OH excluding ortho intramolecular Hbond substituents is 1. The molecule has 0 unspecified atom stereocenters. The average molecular weight is 486 g/mol. The SMILES string of the molecule is COc1ccc(CCN2C(=O)c3oc4cc(C)cc(C)c4c(=O)c3[C@@H]2c2cccc(O)c2)cc1OC. The minimum absolute atomic E-state index is 0.0538. The fourth-order valence-electron chi connectivity index (χ4n) is 5.07. The second-order valence-corrected chi connectivity index (χ2v) is 9.06. The van der Waals surface area contributed by atoms with E-state index < -0.39 is 6.04 Å². The molecule has 4 aromatic rings. The summed E-state index contributed by atoms with van der Waals surface area (Å²) in [5.74, 6) is 0.987. The van der Waals surface area contributed by atoms with Crippen LogP contribution in [0.1, 0.15) is 44.4 Å². The number of hydrogen-bond donors (Lipinski definition) is 1. The second kappa shape index (κ2) is 9.07. The van der Waals surface area contributed by atoms with Crippen LogP contribution in [0.2, 0.25) is 0 Å². The topological polar surface area (TPSA) is 89.2 Å². The summed E-state index contributed by atoms with van der Waals surface area (Å²) < 4.78 is 16.8. The minimum atomic E-state index is -0.680. The lowest BCUT2D eigenvalue weighted by molar-refractivity contribution is 0.0729. The summed E-state index contributed by atoms with van der Waals surface area (Å²) in [6.45, 7) is 4.12. The number of benzene rings is 3. The zero-order valence-corrected chi connectivity index (χ0v) is 20.6. The molecule has 0 spiro atoms. The highest BCUT2D eigenvalue weighted by Gasteiger charge is 2.42. The Morgan fingerprint density at radius 2 is 1.75 bits per heavy atom. The van der Waals surface area contributed by atoms with Crippen molar-refractivity contribution in [2.45, 2.75) is 26.3 Å². The van der Waals surface area contributed by atoms with E-state index in [1.807, 2.05) is 44.2 Å². The normalized spacial score (nSPS) is 14.8. The largest absolute Gasteiger partial charge is 0.508 e. The molecule has 3 aromatic carbocycles. The third-order valence-electron chi connectivity index (χ3n) is 6.69. The van der Waals surface area contributed by atoms with Crippen LogP contribution in [0.5, 0.6) is 17.2 Å². The van der Waals surface area contributed by atoms with Crippen LogP contribution in [0.4, 0.5) is 0 Å². The summed E-state index contributed by atoms with van der Waals surface area (Å²) in [6.07, 6.45) is 0.515. The monoisotopic (exact) mass is 485 g/mol. The van der Waals surface area contributed by atoms with E-state index in [2.05, 4.69) is 0 Å². The van der Waals surface area contributed by atoms with E-state index in [-0.39, 0.29) is 22.8 Å². The van der Waals surface area contributed by atoms with E-state index in [0.29, 0.717) is 46.6 Å². The Hall–Kier alpha value is -4.26. The van der Waals surface area contributed by atoms with Crippen molar-refractivity contribution in [1.82, 2.24) is 4.90 Å². The van der Waals surface area contributed by atoms with Gasteiger partial charge in [-0.1, -0.05) is 24.3 Å². The van der Waals surface area contributed by atoms with Gasteiger partial charge in [0.25, 0.3) is 5.91 Å². The van der Waals surface area contributed by atoms with E-state index in [4.69, 9.17) is 13.9 Å². The highest BCUT2D eigenvalue weighted by atomic mass is 16.5. The van der Waals surface area contributed by atoms with E-state index in [1.54, 1.807) is 43.4 Å². The van der Waals surface area contributed by atoms with Crippen molar-refractivity contribution in [2.24, 2.45) is 0 Å². The van der Waals surface area contributed by atoms with Gasteiger partial charge in [-0.2, -0.15) is 0 Å². The number of carbonyl (C=O) groups is 1. The molecule has 0 radical (unpaired) electrons. The first-order valence-electron chi connectivity index (χ1n) is 11.7. The maximum atomic E-state index is 13.8. The summed E-state index contributed by atoms with van der Waals surface area (Å²) in [7, 11) is 3.15. The Bertz CT molecular complexity index is 1550. The predicted molar refractivity (Wildman–Crippen MR) is 136 cm³/mol. The summed E-state index contributed by atoms with van der Waals surface area (Å²) in [5, 5.41) is 10.6. The Labute approximate surface area is 208 Å².